The zero-order valence-electron chi connectivity index (χ0n) is 12.0. The highest BCUT2D eigenvalue weighted by atomic mass is 35.5. The van der Waals surface area contributed by atoms with E-state index in [0.717, 1.165) is 6.07 Å². The molecule has 2 rings (SSSR count). The topological polar surface area (TPSA) is 55.4 Å². The Kier molecular flexibility index (Phi) is 5.58. The van der Waals surface area contributed by atoms with Crippen LogP contribution in [0, 0.1) is 5.82 Å². The van der Waals surface area contributed by atoms with Crippen molar-refractivity contribution in [3.8, 4) is 0 Å². The average molecular weight is 356 g/mol. The maximum absolute atomic E-state index is 13.5. The molecule has 0 aromatic heterocycles. The van der Waals surface area contributed by atoms with Gasteiger partial charge in [0, 0.05) is 5.02 Å². The van der Waals surface area contributed by atoms with E-state index in [9.17, 15) is 14.0 Å². The van der Waals surface area contributed by atoms with Crippen molar-refractivity contribution in [1.82, 2.24) is 0 Å². The quantitative estimate of drug-likeness (QED) is 0.831. The van der Waals surface area contributed by atoms with Crippen LogP contribution in [0.4, 0.5) is 10.1 Å². The van der Waals surface area contributed by atoms with Crippen LogP contribution >= 0.6 is 23.2 Å². The molecule has 0 aliphatic rings. The summed E-state index contributed by atoms with van der Waals surface area (Å²) < 4.78 is 18.5. The molecule has 0 fully saturated rings. The van der Waals surface area contributed by atoms with Crippen molar-refractivity contribution in [3.63, 3.8) is 0 Å². The Bertz CT molecular complexity index is 752. The molecule has 120 valence electrons. The van der Waals surface area contributed by atoms with Gasteiger partial charge in [0.1, 0.15) is 5.82 Å². The molecule has 0 spiro atoms. The summed E-state index contributed by atoms with van der Waals surface area (Å²) in [6.45, 7) is 1.37. The Balaban J connectivity index is 2.04. The minimum atomic E-state index is -1.14. The third-order valence-corrected chi connectivity index (χ3v) is 3.50. The highest BCUT2D eigenvalue weighted by Gasteiger charge is 2.21. The summed E-state index contributed by atoms with van der Waals surface area (Å²) in [5, 5.41) is 3.17. The predicted molar refractivity (Wildman–Crippen MR) is 86.4 cm³/mol. The molecule has 0 unspecified atom stereocenters. The van der Waals surface area contributed by atoms with Crippen LogP contribution in [0.5, 0.6) is 0 Å². The van der Waals surface area contributed by atoms with Gasteiger partial charge in [-0.2, -0.15) is 0 Å². The average Bonchev–Trinajstić information content (AvgIpc) is 2.51. The monoisotopic (exact) mass is 355 g/mol. The van der Waals surface area contributed by atoms with Gasteiger partial charge in [0.2, 0.25) is 0 Å². The zero-order valence-corrected chi connectivity index (χ0v) is 13.5. The van der Waals surface area contributed by atoms with Gasteiger partial charge in [0.25, 0.3) is 5.91 Å². The van der Waals surface area contributed by atoms with Gasteiger partial charge in [-0.25, -0.2) is 9.18 Å². The van der Waals surface area contributed by atoms with Gasteiger partial charge in [-0.1, -0.05) is 35.3 Å². The molecular weight excluding hydrogens is 344 g/mol. The zero-order chi connectivity index (χ0) is 17.0. The summed E-state index contributed by atoms with van der Waals surface area (Å²) in [7, 11) is 0. The second-order valence-electron chi connectivity index (χ2n) is 4.64. The van der Waals surface area contributed by atoms with Crippen LogP contribution in [0.3, 0.4) is 0 Å². The van der Waals surface area contributed by atoms with Crippen molar-refractivity contribution >= 4 is 40.8 Å². The summed E-state index contributed by atoms with van der Waals surface area (Å²) in [6.07, 6.45) is -1.14. The lowest BCUT2D eigenvalue weighted by molar-refractivity contribution is -0.123. The SMILES string of the molecule is C[C@@H](OC(=O)c1ccccc1F)C(=O)Nc1cc(Cl)ccc1Cl. The van der Waals surface area contributed by atoms with Gasteiger partial charge in [-0.3, -0.25) is 4.79 Å². The Morgan fingerprint density at radius 1 is 1.17 bits per heavy atom. The Hall–Kier alpha value is -2.11. The highest BCUT2D eigenvalue weighted by Crippen LogP contribution is 2.25. The Morgan fingerprint density at radius 3 is 2.57 bits per heavy atom. The van der Waals surface area contributed by atoms with E-state index in [2.05, 4.69) is 5.32 Å². The van der Waals surface area contributed by atoms with Crippen molar-refractivity contribution in [3.05, 3.63) is 63.9 Å². The van der Waals surface area contributed by atoms with E-state index in [-0.39, 0.29) is 16.3 Å². The fourth-order valence-corrected chi connectivity index (χ4v) is 2.07. The number of rotatable bonds is 4. The van der Waals surface area contributed by atoms with E-state index >= 15 is 0 Å². The second kappa shape index (κ2) is 7.44. The van der Waals surface area contributed by atoms with E-state index < -0.39 is 23.8 Å². The smallest absolute Gasteiger partial charge is 0.341 e. The number of hydrogen-bond acceptors (Lipinski definition) is 3. The molecule has 0 saturated heterocycles. The van der Waals surface area contributed by atoms with Gasteiger partial charge < -0.3 is 10.1 Å². The first-order valence-electron chi connectivity index (χ1n) is 6.60. The number of esters is 1. The summed E-state index contributed by atoms with van der Waals surface area (Å²) in [4.78, 5) is 23.9. The lowest BCUT2D eigenvalue weighted by atomic mass is 10.2. The van der Waals surface area contributed by atoms with E-state index in [0.29, 0.717) is 5.02 Å². The van der Waals surface area contributed by atoms with Crippen molar-refractivity contribution in [2.45, 2.75) is 13.0 Å². The number of anilines is 1. The van der Waals surface area contributed by atoms with Crippen molar-refractivity contribution in [2.75, 3.05) is 5.32 Å². The van der Waals surface area contributed by atoms with Crippen LogP contribution in [0.25, 0.3) is 0 Å². The first-order valence-corrected chi connectivity index (χ1v) is 7.35. The number of halogens is 3. The maximum atomic E-state index is 13.5. The van der Waals surface area contributed by atoms with Gasteiger partial charge in [0.05, 0.1) is 16.3 Å². The van der Waals surface area contributed by atoms with Crippen molar-refractivity contribution < 1.29 is 18.7 Å². The van der Waals surface area contributed by atoms with Crippen LogP contribution < -0.4 is 5.32 Å². The van der Waals surface area contributed by atoms with Crippen LogP contribution in [0.15, 0.2) is 42.5 Å². The summed E-state index contributed by atoms with van der Waals surface area (Å²) in [5.41, 5.74) is 0.0471. The van der Waals surface area contributed by atoms with E-state index in [1.807, 2.05) is 0 Å². The molecule has 0 heterocycles. The molecule has 7 heteroatoms. The first-order chi connectivity index (χ1) is 10.9. The number of carbonyl (C=O) groups excluding carboxylic acids is 2. The fourth-order valence-electron chi connectivity index (χ4n) is 1.73. The summed E-state index contributed by atoms with van der Waals surface area (Å²) in [6, 6.07) is 9.91. The molecule has 1 amide bonds. The number of amides is 1. The van der Waals surface area contributed by atoms with Gasteiger partial charge >= 0.3 is 5.97 Å². The number of nitrogens with one attached hydrogen (secondary N) is 1. The van der Waals surface area contributed by atoms with Gasteiger partial charge in [0.15, 0.2) is 6.10 Å². The number of hydrogen-bond donors (Lipinski definition) is 1. The van der Waals surface area contributed by atoms with Gasteiger partial charge in [-0.15, -0.1) is 0 Å². The molecule has 0 aliphatic heterocycles. The van der Waals surface area contributed by atoms with Crippen molar-refractivity contribution in [2.24, 2.45) is 0 Å². The van der Waals surface area contributed by atoms with E-state index in [1.54, 1.807) is 6.07 Å². The number of ether oxygens (including phenoxy) is 1. The van der Waals surface area contributed by atoms with E-state index in [4.69, 9.17) is 27.9 Å². The normalized spacial score (nSPS) is 11.7. The molecule has 0 bridgehead atoms. The molecule has 0 radical (unpaired) electrons. The highest BCUT2D eigenvalue weighted by molar-refractivity contribution is 6.35. The van der Waals surface area contributed by atoms with Crippen LogP contribution in [0.1, 0.15) is 17.3 Å². The third-order valence-electron chi connectivity index (χ3n) is 2.93. The Morgan fingerprint density at radius 2 is 1.87 bits per heavy atom. The molecule has 1 atom stereocenters. The number of carbonyl (C=O) groups is 2. The lowest BCUT2D eigenvalue weighted by Crippen LogP contribution is -2.30. The number of benzene rings is 2. The van der Waals surface area contributed by atoms with Crippen LogP contribution in [0.2, 0.25) is 10.0 Å². The molecule has 0 aliphatic carbocycles. The molecule has 23 heavy (non-hydrogen) atoms. The largest absolute Gasteiger partial charge is 0.449 e. The molecule has 2 aromatic carbocycles. The predicted octanol–water partition coefficient (Wildman–Crippen LogP) is 4.32. The van der Waals surface area contributed by atoms with Crippen LogP contribution in [-0.2, 0) is 9.53 Å². The third kappa shape index (κ3) is 4.43. The summed E-state index contributed by atoms with van der Waals surface area (Å²) >= 11 is 11.8. The second-order valence-corrected chi connectivity index (χ2v) is 5.48. The fraction of sp³-hybridized carbons (Fsp3) is 0.125. The minimum Gasteiger partial charge on any atom is -0.449 e. The standard InChI is InChI=1S/C16H12Cl2FNO3/c1-9(23-16(22)11-4-2-3-5-13(11)19)15(21)20-14-8-10(17)6-7-12(14)18/h2-9H,1H3,(H,20,21)/t9-/m1/s1. The van der Waals surface area contributed by atoms with Gasteiger partial charge in [-0.05, 0) is 37.3 Å². The molecule has 0 saturated carbocycles. The molecule has 4 nitrogen and oxygen atoms in total. The van der Waals surface area contributed by atoms with Crippen molar-refractivity contribution in [1.29, 1.82) is 0 Å². The minimum absolute atomic E-state index is 0.243. The lowest BCUT2D eigenvalue weighted by Gasteiger charge is -2.14. The molecule has 1 N–H and O–H groups in total. The summed E-state index contributed by atoms with van der Waals surface area (Å²) in [5.74, 6) is -2.26. The molecular formula is C16H12Cl2FNO3. The first kappa shape index (κ1) is 17.2. The van der Waals surface area contributed by atoms with Crippen LogP contribution in [-0.4, -0.2) is 18.0 Å². The Labute approximate surface area is 142 Å². The molecule has 2 aromatic rings. The van der Waals surface area contributed by atoms with E-state index in [1.165, 1.54) is 37.3 Å². The maximum Gasteiger partial charge on any atom is 0.341 e.